The minimum atomic E-state index is 0.877. The number of fused-ring (bicyclic) bond motifs is 3. The van der Waals surface area contributed by atoms with Crippen molar-refractivity contribution in [3.05, 3.63) is 12.2 Å². The normalized spacial score (nSPS) is 43.5. The van der Waals surface area contributed by atoms with Crippen LogP contribution in [0.15, 0.2) is 12.2 Å². The quantitative estimate of drug-likeness (QED) is 0.517. The van der Waals surface area contributed by atoms with Gasteiger partial charge in [-0.2, -0.15) is 0 Å². The molecule has 3 rings (SSSR count). The van der Waals surface area contributed by atoms with Gasteiger partial charge in [0.1, 0.15) is 0 Å². The predicted molar refractivity (Wildman–Crippen MR) is 47.5 cm³/mol. The molecule has 11 heavy (non-hydrogen) atoms. The SMILES string of the molecule is CC=CC1CN2CCC1CC2. The number of allylic oxidation sites excluding steroid dienone is 1. The zero-order chi connectivity index (χ0) is 7.68. The third-order valence-electron chi connectivity index (χ3n) is 3.15. The lowest BCUT2D eigenvalue weighted by Gasteiger charge is -2.43. The fourth-order valence-corrected chi connectivity index (χ4v) is 2.48. The minimum absolute atomic E-state index is 0.877. The second kappa shape index (κ2) is 2.98. The Morgan fingerprint density at radius 3 is 2.45 bits per heavy atom. The first-order valence-corrected chi connectivity index (χ1v) is 4.75. The summed E-state index contributed by atoms with van der Waals surface area (Å²) in [6.45, 7) is 6.18. The summed E-state index contributed by atoms with van der Waals surface area (Å²) >= 11 is 0. The molecule has 1 atom stereocenters. The van der Waals surface area contributed by atoms with Gasteiger partial charge < -0.3 is 4.90 Å². The molecule has 62 valence electrons. The van der Waals surface area contributed by atoms with Gasteiger partial charge in [-0.25, -0.2) is 0 Å². The summed E-state index contributed by atoms with van der Waals surface area (Å²) in [5, 5.41) is 0. The van der Waals surface area contributed by atoms with Crippen LogP contribution in [0.2, 0.25) is 0 Å². The molecule has 0 saturated carbocycles. The summed E-state index contributed by atoms with van der Waals surface area (Å²) in [6.07, 6.45) is 7.49. The molecule has 3 fully saturated rings. The van der Waals surface area contributed by atoms with Crippen molar-refractivity contribution in [2.75, 3.05) is 19.6 Å². The van der Waals surface area contributed by atoms with Gasteiger partial charge in [0.25, 0.3) is 0 Å². The van der Waals surface area contributed by atoms with E-state index in [4.69, 9.17) is 0 Å². The van der Waals surface area contributed by atoms with E-state index in [0.717, 1.165) is 11.8 Å². The van der Waals surface area contributed by atoms with Gasteiger partial charge in [0.15, 0.2) is 0 Å². The summed E-state index contributed by atoms with van der Waals surface area (Å²) in [4.78, 5) is 2.60. The van der Waals surface area contributed by atoms with E-state index in [9.17, 15) is 0 Å². The standard InChI is InChI=1S/C10H17N/c1-2-3-10-8-11-6-4-9(10)5-7-11/h2-3,9-10H,4-8H2,1H3. The van der Waals surface area contributed by atoms with Crippen molar-refractivity contribution in [1.29, 1.82) is 0 Å². The van der Waals surface area contributed by atoms with Crippen LogP contribution >= 0.6 is 0 Å². The zero-order valence-corrected chi connectivity index (χ0v) is 7.29. The van der Waals surface area contributed by atoms with Gasteiger partial charge in [0.05, 0.1) is 0 Å². The predicted octanol–water partition coefficient (Wildman–Crippen LogP) is 1.90. The van der Waals surface area contributed by atoms with Crippen molar-refractivity contribution < 1.29 is 0 Å². The maximum absolute atomic E-state index is 2.60. The Labute approximate surface area is 69.1 Å². The average molecular weight is 151 g/mol. The Morgan fingerprint density at radius 2 is 2.00 bits per heavy atom. The highest BCUT2D eigenvalue weighted by molar-refractivity contribution is 4.97. The van der Waals surface area contributed by atoms with E-state index >= 15 is 0 Å². The molecular weight excluding hydrogens is 134 g/mol. The van der Waals surface area contributed by atoms with Crippen molar-refractivity contribution in [2.24, 2.45) is 11.8 Å². The molecule has 0 aromatic carbocycles. The molecule has 3 heterocycles. The van der Waals surface area contributed by atoms with E-state index in [1.54, 1.807) is 0 Å². The summed E-state index contributed by atoms with van der Waals surface area (Å²) in [5.41, 5.74) is 0. The van der Waals surface area contributed by atoms with Crippen LogP contribution in [0.25, 0.3) is 0 Å². The first-order chi connectivity index (χ1) is 5.40. The number of nitrogens with zero attached hydrogens (tertiary/aromatic N) is 1. The first-order valence-electron chi connectivity index (χ1n) is 4.75. The molecule has 0 radical (unpaired) electrons. The highest BCUT2D eigenvalue weighted by Gasteiger charge is 2.31. The van der Waals surface area contributed by atoms with E-state index in [1.165, 1.54) is 32.5 Å². The van der Waals surface area contributed by atoms with Crippen LogP contribution in [0.1, 0.15) is 19.8 Å². The van der Waals surface area contributed by atoms with Crippen molar-refractivity contribution in [2.45, 2.75) is 19.8 Å². The Morgan fingerprint density at radius 1 is 1.27 bits per heavy atom. The van der Waals surface area contributed by atoms with Crippen LogP contribution in [0.4, 0.5) is 0 Å². The highest BCUT2D eigenvalue weighted by Crippen LogP contribution is 2.32. The lowest BCUT2D eigenvalue weighted by Crippen LogP contribution is -2.46. The fourth-order valence-electron chi connectivity index (χ4n) is 2.48. The van der Waals surface area contributed by atoms with Crippen molar-refractivity contribution in [3.63, 3.8) is 0 Å². The van der Waals surface area contributed by atoms with Crippen molar-refractivity contribution >= 4 is 0 Å². The maximum atomic E-state index is 2.60. The van der Waals surface area contributed by atoms with Gasteiger partial charge in [-0.05, 0) is 44.7 Å². The highest BCUT2D eigenvalue weighted by atomic mass is 15.1. The fraction of sp³-hybridized carbons (Fsp3) is 0.800. The minimum Gasteiger partial charge on any atom is -0.303 e. The average Bonchev–Trinajstić information content (AvgIpc) is 2.07. The summed E-state index contributed by atoms with van der Waals surface area (Å²) in [7, 11) is 0. The number of hydrogen-bond acceptors (Lipinski definition) is 1. The van der Waals surface area contributed by atoms with Crippen LogP contribution in [-0.2, 0) is 0 Å². The second-order valence-corrected chi connectivity index (χ2v) is 3.83. The van der Waals surface area contributed by atoms with Crippen LogP contribution in [0, 0.1) is 11.8 Å². The molecule has 1 unspecified atom stereocenters. The topological polar surface area (TPSA) is 3.24 Å². The summed E-state index contributed by atoms with van der Waals surface area (Å²) in [5.74, 6) is 1.89. The molecule has 0 spiro atoms. The van der Waals surface area contributed by atoms with Gasteiger partial charge in [-0.3, -0.25) is 0 Å². The summed E-state index contributed by atoms with van der Waals surface area (Å²) < 4.78 is 0. The van der Waals surface area contributed by atoms with Crippen LogP contribution < -0.4 is 0 Å². The Bertz CT molecular complexity index is 154. The molecule has 3 aliphatic heterocycles. The van der Waals surface area contributed by atoms with Crippen molar-refractivity contribution in [1.82, 2.24) is 4.90 Å². The summed E-state index contributed by atoms with van der Waals surface area (Å²) in [6, 6.07) is 0. The van der Waals surface area contributed by atoms with Gasteiger partial charge in [0.2, 0.25) is 0 Å². The lowest BCUT2D eigenvalue weighted by atomic mass is 9.79. The van der Waals surface area contributed by atoms with E-state index in [1.807, 2.05) is 0 Å². The third kappa shape index (κ3) is 1.34. The zero-order valence-electron chi connectivity index (χ0n) is 7.29. The van der Waals surface area contributed by atoms with Gasteiger partial charge in [0, 0.05) is 6.54 Å². The third-order valence-corrected chi connectivity index (χ3v) is 3.15. The molecule has 0 aromatic heterocycles. The largest absolute Gasteiger partial charge is 0.303 e. The van der Waals surface area contributed by atoms with E-state index in [0.29, 0.717) is 0 Å². The first kappa shape index (κ1) is 7.35. The van der Waals surface area contributed by atoms with Gasteiger partial charge in [-0.15, -0.1) is 0 Å². The maximum Gasteiger partial charge on any atom is 0.00470 e. The molecule has 3 saturated heterocycles. The van der Waals surface area contributed by atoms with E-state index < -0.39 is 0 Å². The molecule has 0 aromatic rings. The van der Waals surface area contributed by atoms with Crippen LogP contribution in [0.5, 0.6) is 0 Å². The number of hydrogen-bond donors (Lipinski definition) is 0. The van der Waals surface area contributed by atoms with Gasteiger partial charge >= 0.3 is 0 Å². The number of rotatable bonds is 1. The molecular formula is C10H17N. The molecule has 0 aliphatic carbocycles. The lowest BCUT2D eigenvalue weighted by molar-refractivity contribution is 0.0736. The van der Waals surface area contributed by atoms with Crippen molar-refractivity contribution in [3.8, 4) is 0 Å². The molecule has 0 amide bonds. The van der Waals surface area contributed by atoms with Crippen LogP contribution in [0.3, 0.4) is 0 Å². The Balaban J connectivity index is 2.02. The smallest absolute Gasteiger partial charge is 0.00470 e. The van der Waals surface area contributed by atoms with E-state index in [2.05, 4.69) is 24.0 Å². The number of piperidine rings is 3. The Hall–Kier alpha value is -0.300. The molecule has 2 bridgehead atoms. The van der Waals surface area contributed by atoms with Crippen LogP contribution in [-0.4, -0.2) is 24.5 Å². The molecule has 1 heteroatoms. The van der Waals surface area contributed by atoms with E-state index in [-0.39, 0.29) is 0 Å². The Kier molecular flexibility index (Phi) is 1.99. The van der Waals surface area contributed by atoms with Gasteiger partial charge in [-0.1, -0.05) is 12.2 Å². The second-order valence-electron chi connectivity index (χ2n) is 3.83. The molecule has 3 aliphatic rings. The molecule has 1 nitrogen and oxygen atoms in total. The monoisotopic (exact) mass is 151 g/mol. The molecule has 0 N–H and O–H groups in total.